The Hall–Kier alpha value is 0.999. The van der Waals surface area contributed by atoms with Gasteiger partial charge in [-0.1, -0.05) is 0 Å². The Morgan fingerprint density at radius 3 is 1.91 bits per heavy atom. The monoisotopic (exact) mass is 510 g/mol. The molecule has 2 unspecified atom stereocenters. The van der Waals surface area contributed by atoms with E-state index in [1.54, 1.807) is 16.1 Å². The van der Waals surface area contributed by atoms with Crippen molar-refractivity contribution >= 4 is 86.1 Å². The van der Waals surface area contributed by atoms with E-state index < -0.39 is 0 Å². The number of fused-ring (bicyclic) bond motifs is 2. The zero-order valence-corrected chi connectivity index (χ0v) is 18.9. The van der Waals surface area contributed by atoms with Crippen LogP contribution >= 0.6 is 47.0 Å². The van der Waals surface area contributed by atoms with Gasteiger partial charge in [0.15, 0.2) is 0 Å². The standard InChI is InChI=1S/C15H14N2S4Se2/c1-2-4-8-9(5-3-1)19-13-12(18-8)20-14(21-13)15-22-10-11(23-15)17-7-6-16-10/h6-9H,1-5H2. The van der Waals surface area contributed by atoms with Gasteiger partial charge in [-0.2, -0.15) is 0 Å². The van der Waals surface area contributed by atoms with Crippen molar-refractivity contribution in [2.45, 2.75) is 42.6 Å². The quantitative estimate of drug-likeness (QED) is 0.500. The zero-order chi connectivity index (χ0) is 15.2. The first-order valence-electron chi connectivity index (χ1n) is 7.71. The van der Waals surface area contributed by atoms with Crippen molar-refractivity contribution in [3.8, 4) is 0 Å². The van der Waals surface area contributed by atoms with Gasteiger partial charge in [-0.15, -0.1) is 0 Å². The minimum atomic E-state index is 0.410. The molecule has 5 rings (SSSR count). The summed E-state index contributed by atoms with van der Waals surface area (Å²) in [4.78, 5) is 9.09. The molecule has 1 aromatic rings. The summed E-state index contributed by atoms with van der Waals surface area (Å²) in [6.07, 6.45) is 10.8. The average molecular weight is 508 g/mol. The van der Waals surface area contributed by atoms with Crippen LogP contribution in [-0.2, 0) is 0 Å². The molecule has 0 bridgehead atoms. The van der Waals surface area contributed by atoms with E-state index in [-0.39, 0.29) is 0 Å². The van der Waals surface area contributed by atoms with Gasteiger partial charge in [0.25, 0.3) is 0 Å². The molecule has 1 aromatic heterocycles. The normalized spacial score (nSPS) is 30.1. The molecule has 1 fully saturated rings. The third-order valence-corrected chi connectivity index (χ3v) is 17.9. The Morgan fingerprint density at radius 2 is 1.35 bits per heavy atom. The Labute approximate surface area is 166 Å². The van der Waals surface area contributed by atoms with Crippen LogP contribution in [-0.4, -0.2) is 50.4 Å². The van der Waals surface area contributed by atoms with Crippen molar-refractivity contribution in [2.24, 2.45) is 0 Å². The predicted octanol–water partition coefficient (Wildman–Crippen LogP) is 3.06. The maximum atomic E-state index is 4.55. The third kappa shape index (κ3) is 3.23. The molecule has 23 heavy (non-hydrogen) atoms. The van der Waals surface area contributed by atoms with Crippen LogP contribution in [0.1, 0.15) is 32.1 Å². The fraction of sp³-hybridized carbons (Fsp3) is 0.467. The Kier molecular flexibility index (Phi) is 4.90. The molecule has 2 atom stereocenters. The predicted molar refractivity (Wildman–Crippen MR) is 108 cm³/mol. The molecule has 4 aliphatic rings. The van der Waals surface area contributed by atoms with Crippen LogP contribution < -0.4 is 9.18 Å². The molecule has 0 radical (unpaired) electrons. The number of hydrogen-bond acceptors (Lipinski definition) is 6. The summed E-state index contributed by atoms with van der Waals surface area (Å²) in [6, 6.07) is 0. The van der Waals surface area contributed by atoms with Crippen molar-refractivity contribution in [3.05, 3.63) is 28.5 Å². The van der Waals surface area contributed by atoms with Gasteiger partial charge in [-0.05, 0) is 0 Å². The molecule has 120 valence electrons. The summed E-state index contributed by atoms with van der Waals surface area (Å²) >= 11 is 9.34. The summed E-state index contributed by atoms with van der Waals surface area (Å²) < 4.78 is 9.00. The van der Waals surface area contributed by atoms with E-state index in [0.717, 1.165) is 10.5 Å². The van der Waals surface area contributed by atoms with Gasteiger partial charge in [-0.3, -0.25) is 0 Å². The van der Waals surface area contributed by atoms with Crippen molar-refractivity contribution < 1.29 is 0 Å². The second-order valence-electron chi connectivity index (χ2n) is 5.68. The van der Waals surface area contributed by atoms with Gasteiger partial charge in [-0.25, -0.2) is 0 Å². The van der Waals surface area contributed by atoms with Crippen molar-refractivity contribution in [2.75, 3.05) is 0 Å². The maximum absolute atomic E-state index is 4.55. The summed E-state index contributed by atoms with van der Waals surface area (Å²) in [5, 5.41) is 1.72. The molecule has 4 heterocycles. The van der Waals surface area contributed by atoms with E-state index in [4.69, 9.17) is 0 Å². The summed E-state index contributed by atoms with van der Waals surface area (Å²) in [6.45, 7) is 0. The van der Waals surface area contributed by atoms with E-state index >= 15 is 0 Å². The number of nitrogens with zero attached hydrogens (tertiary/aromatic N) is 2. The first-order chi connectivity index (χ1) is 11.4. The third-order valence-electron chi connectivity index (χ3n) is 4.12. The molecular weight excluding hydrogens is 494 g/mol. The van der Waals surface area contributed by atoms with Crippen LogP contribution in [0.2, 0.25) is 0 Å². The van der Waals surface area contributed by atoms with E-state index in [1.165, 1.54) is 41.3 Å². The Bertz CT molecular complexity index is 666. The zero-order valence-electron chi connectivity index (χ0n) is 12.2. The molecule has 0 N–H and O–H groups in total. The second-order valence-corrected chi connectivity index (χ2v) is 16.5. The van der Waals surface area contributed by atoms with Gasteiger partial charge in [0.05, 0.1) is 0 Å². The number of thioether (sulfide) groups is 4. The molecule has 8 heteroatoms. The molecule has 0 aromatic carbocycles. The number of rotatable bonds is 0. The van der Waals surface area contributed by atoms with Crippen molar-refractivity contribution in [1.29, 1.82) is 0 Å². The topological polar surface area (TPSA) is 25.8 Å². The van der Waals surface area contributed by atoms with E-state index in [2.05, 4.69) is 57.0 Å². The van der Waals surface area contributed by atoms with Crippen LogP contribution in [0, 0.1) is 0 Å². The fourth-order valence-electron chi connectivity index (χ4n) is 3.02. The molecular formula is C15H14N2S4Se2. The van der Waals surface area contributed by atoms with Gasteiger partial charge in [0.2, 0.25) is 0 Å². The van der Waals surface area contributed by atoms with Crippen LogP contribution in [0.3, 0.4) is 0 Å². The summed E-state index contributed by atoms with van der Waals surface area (Å²) in [7, 11) is 0. The van der Waals surface area contributed by atoms with Crippen molar-refractivity contribution in [1.82, 2.24) is 9.97 Å². The first-order valence-corrected chi connectivity index (χ1v) is 14.5. The Balaban J connectivity index is 1.36. The minimum absolute atomic E-state index is 0.410. The fourth-order valence-corrected chi connectivity index (χ4v) is 16.8. The summed E-state index contributed by atoms with van der Waals surface area (Å²) in [5.74, 6) is 0. The second kappa shape index (κ2) is 6.96. The molecule has 3 aliphatic heterocycles. The van der Waals surface area contributed by atoms with Crippen molar-refractivity contribution in [3.63, 3.8) is 0 Å². The molecule has 0 amide bonds. The van der Waals surface area contributed by atoms with E-state index in [1.807, 2.05) is 12.4 Å². The van der Waals surface area contributed by atoms with Crippen LogP contribution in [0.4, 0.5) is 0 Å². The van der Waals surface area contributed by atoms with Crippen LogP contribution in [0.25, 0.3) is 0 Å². The summed E-state index contributed by atoms with van der Waals surface area (Å²) in [5.41, 5.74) is 0. The molecule has 0 spiro atoms. The SMILES string of the molecule is c1cnc2c(n1)[Se]C(=C1SC3=C(S1)SC1CCCCCC1S3)[Se]2. The Morgan fingerprint density at radius 1 is 0.783 bits per heavy atom. The van der Waals surface area contributed by atoms with Gasteiger partial charge in [0, 0.05) is 0 Å². The molecule has 1 saturated carbocycles. The molecule has 2 nitrogen and oxygen atoms in total. The van der Waals surface area contributed by atoms with Crippen LogP contribution in [0.15, 0.2) is 28.5 Å². The average Bonchev–Trinajstić information content (AvgIpc) is 3.10. The first kappa shape index (κ1) is 16.2. The number of aromatic nitrogens is 2. The van der Waals surface area contributed by atoms with E-state index in [9.17, 15) is 0 Å². The van der Waals surface area contributed by atoms with Gasteiger partial charge >= 0.3 is 167 Å². The van der Waals surface area contributed by atoms with Crippen LogP contribution in [0.5, 0.6) is 0 Å². The molecule has 1 aliphatic carbocycles. The number of hydrogen-bond donors (Lipinski definition) is 0. The van der Waals surface area contributed by atoms with E-state index in [0.29, 0.717) is 29.9 Å². The van der Waals surface area contributed by atoms with Gasteiger partial charge < -0.3 is 0 Å². The molecule has 0 saturated heterocycles. The van der Waals surface area contributed by atoms with Gasteiger partial charge in [0.1, 0.15) is 0 Å².